The Bertz CT molecular complexity index is 302. The molecule has 76 valence electrons. The van der Waals surface area contributed by atoms with Gasteiger partial charge in [0, 0.05) is 12.1 Å². The summed E-state index contributed by atoms with van der Waals surface area (Å²) in [5.74, 6) is 0. The van der Waals surface area contributed by atoms with Crippen LogP contribution in [0.5, 0.6) is 0 Å². The van der Waals surface area contributed by atoms with Gasteiger partial charge in [-0.05, 0) is 0 Å². The van der Waals surface area contributed by atoms with E-state index in [2.05, 4.69) is 16.2 Å². The van der Waals surface area contributed by atoms with Crippen LogP contribution in [0.2, 0.25) is 0 Å². The van der Waals surface area contributed by atoms with Gasteiger partial charge < -0.3 is 9.40 Å². The number of carbonyl (C=O) groups is 1. The molecular weight excluding hydrogens is 214 g/mol. The second-order valence-electron chi connectivity index (χ2n) is 1.94. The molecule has 0 aliphatic carbocycles. The Kier molecular flexibility index (Phi) is 5.80. The summed E-state index contributed by atoms with van der Waals surface area (Å²) < 4.78 is 3.14. The Morgan fingerprint density at radius 2 is 1.86 bits per heavy atom. The average molecular weight is 220 g/mol. The minimum Gasteiger partial charge on any atom is -0.449 e. The third-order valence-electron chi connectivity index (χ3n) is 1.03. The Labute approximate surface area is 84.0 Å². The number of benzene rings is 1. The van der Waals surface area contributed by atoms with Crippen molar-refractivity contribution in [2.45, 2.75) is 0 Å². The van der Waals surface area contributed by atoms with Crippen LogP contribution in [0.1, 0.15) is 0 Å². The van der Waals surface area contributed by atoms with Crippen LogP contribution in [0.3, 0.4) is 0 Å². The van der Waals surface area contributed by atoms with Crippen LogP contribution in [0, 0.1) is 10.1 Å². The van der Waals surface area contributed by atoms with Crippen LogP contribution < -0.4 is 0 Å². The molecule has 6 nitrogen and oxygen atoms in total. The van der Waals surface area contributed by atoms with Crippen molar-refractivity contribution in [1.29, 1.82) is 0 Å². The summed E-state index contributed by atoms with van der Waals surface area (Å²) in [6, 6.07) is 7.93. The van der Waals surface area contributed by atoms with Crippen LogP contribution in [0.4, 0.5) is 10.5 Å². The first-order valence-corrected chi connectivity index (χ1v) is 3.59. The molecule has 0 atom stereocenters. The van der Waals surface area contributed by atoms with Crippen molar-refractivity contribution >= 4 is 23.7 Å². The summed E-state index contributed by atoms with van der Waals surface area (Å²) in [5, 5.41) is 17.4. The highest BCUT2D eigenvalue weighted by molar-refractivity contribution is 6.12. The van der Waals surface area contributed by atoms with Crippen molar-refractivity contribution in [3.8, 4) is 0 Å². The quantitative estimate of drug-likeness (QED) is 0.579. The largest absolute Gasteiger partial charge is 0.524 e. The van der Waals surface area contributed by atoms with Gasteiger partial charge in [0.15, 0.2) is 0 Å². The summed E-state index contributed by atoms with van der Waals surface area (Å²) in [6.07, 6.45) is -1.48. The highest BCUT2D eigenvalue weighted by atomic mass is 35.5. The molecule has 0 spiro atoms. The van der Waals surface area contributed by atoms with Crippen LogP contribution in [-0.2, 0) is 4.29 Å². The maximum Gasteiger partial charge on any atom is 0.524 e. The zero-order chi connectivity index (χ0) is 11.0. The van der Waals surface area contributed by atoms with Gasteiger partial charge in [-0.1, -0.05) is 18.2 Å². The van der Waals surface area contributed by atoms with Gasteiger partial charge in [-0.3, -0.25) is 10.1 Å². The van der Waals surface area contributed by atoms with Gasteiger partial charge in [-0.2, -0.15) is 0 Å². The lowest BCUT2D eigenvalue weighted by Gasteiger charge is -1.85. The Morgan fingerprint density at radius 1 is 1.43 bits per heavy atom. The van der Waals surface area contributed by atoms with Gasteiger partial charge in [0.05, 0.1) is 4.92 Å². The van der Waals surface area contributed by atoms with Crippen LogP contribution >= 0.6 is 11.9 Å². The van der Waals surface area contributed by atoms with Crippen molar-refractivity contribution in [1.82, 2.24) is 0 Å². The third kappa shape index (κ3) is 5.78. The van der Waals surface area contributed by atoms with E-state index in [9.17, 15) is 10.1 Å². The minimum absolute atomic E-state index is 0.137. The highest BCUT2D eigenvalue weighted by Crippen LogP contribution is 2.06. The van der Waals surface area contributed by atoms with Gasteiger partial charge >= 0.3 is 6.16 Å². The number of rotatable bonds is 1. The lowest BCUT2D eigenvalue weighted by atomic mass is 10.3. The molecule has 0 bridgehead atoms. The highest BCUT2D eigenvalue weighted by Gasteiger charge is 1.98. The molecule has 7 heteroatoms. The van der Waals surface area contributed by atoms with Gasteiger partial charge in [0.1, 0.15) is 11.9 Å². The maximum absolute atomic E-state index is 10.0. The molecule has 1 aromatic rings. The number of halogens is 1. The molecule has 14 heavy (non-hydrogen) atoms. The van der Waals surface area contributed by atoms with Gasteiger partial charge in [-0.25, -0.2) is 4.79 Å². The van der Waals surface area contributed by atoms with Crippen LogP contribution in [0.15, 0.2) is 30.3 Å². The molecule has 0 saturated carbocycles. The lowest BCUT2D eigenvalue weighted by molar-refractivity contribution is -0.384. The SMILES string of the molecule is O=C(O)OCl.O=[N+]([O-])c1ccccc1. The zero-order valence-corrected chi connectivity index (χ0v) is 7.55. The van der Waals surface area contributed by atoms with E-state index in [0.717, 1.165) is 0 Å². The molecule has 1 aromatic carbocycles. The van der Waals surface area contributed by atoms with E-state index in [4.69, 9.17) is 9.90 Å². The van der Waals surface area contributed by atoms with Crippen molar-refractivity contribution in [3.63, 3.8) is 0 Å². The molecule has 0 unspecified atom stereocenters. The Hall–Kier alpha value is -1.82. The van der Waals surface area contributed by atoms with Gasteiger partial charge in [0.25, 0.3) is 5.69 Å². The summed E-state index contributed by atoms with van der Waals surface area (Å²) in [6.45, 7) is 0. The summed E-state index contributed by atoms with van der Waals surface area (Å²) in [5.41, 5.74) is 0.137. The number of para-hydroxylation sites is 1. The summed E-state index contributed by atoms with van der Waals surface area (Å²) in [7, 11) is 0. The first-order valence-electron chi connectivity index (χ1n) is 3.29. The minimum atomic E-state index is -1.48. The Morgan fingerprint density at radius 3 is 2.07 bits per heavy atom. The van der Waals surface area contributed by atoms with E-state index >= 15 is 0 Å². The molecule has 0 aromatic heterocycles. The summed E-state index contributed by atoms with van der Waals surface area (Å²) >= 11 is 4.24. The second kappa shape index (κ2) is 6.67. The van der Waals surface area contributed by atoms with Crippen molar-refractivity contribution in [2.75, 3.05) is 0 Å². The first kappa shape index (κ1) is 12.2. The van der Waals surface area contributed by atoms with E-state index in [1.807, 2.05) is 0 Å². The van der Waals surface area contributed by atoms with E-state index in [0.29, 0.717) is 0 Å². The first-order chi connectivity index (χ1) is 6.57. The molecule has 0 saturated heterocycles. The Balaban J connectivity index is 0.000000292. The zero-order valence-electron chi connectivity index (χ0n) is 6.79. The molecule has 0 amide bonds. The number of carboxylic acid groups (broad SMARTS) is 1. The molecule has 0 fully saturated rings. The fourth-order valence-corrected chi connectivity index (χ4v) is 0.550. The fraction of sp³-hybridized carbons (Fsp3) is 0. The van der Waals surface area contributed by atoms with E-state index in [1.54, 1.807) is 18.2 Å². The van der Waals surface area contributed by atoms with Crippen LogP contribution in [0.25, 0.3) is 0 Å². The number of hydrogen-bond acceptors (Lipinski definition) is 4. The van der Waals surface area contributed by atoms with Gasteiger partial charge in [0.2, 0.25) is 0 Å². The van der Waals surface area contributed by atoms with Crippen molar-refractivity contribution < 1.29 is 19.1 Å². The number of non-ortho nitro benzene ring substituents is 1. The van der Waals surface area contributed by atoms with E-state index in [-0.39, 0.29) is 5.69 Å². The summed E-state index contributed by atoms with van der Waals surface area (Å²) in [4.78, 5) is 18.6. The predicted octanol–water partition coefficient (Wildman–Crippen LogP) is 2.43. The van der Waals surface area contributed by atoms with E-state index in [1.165, 1.54) is 12.1 Å². The second-order valence-corrected chi connectivity index (χ2v) is 2.09. The predicted molar refractivity (Wildman–Crippen MR) is 48.1 cm³/mol. The topological polar surface area (TPSA) is 89.7 Å². The van der Waals surface area contributed by atoms with Crippen molar-refractivity contribution in [2.24, 2.45) is 0 Å². The molecule has 1 N–H and O–H groups in total. The smallest absolute Gasteiger partial charge is 0.449 e. The number of nitrogens with zero attached hydrogens (tertiary/aromatic N) is 1. The number of hydrogen-bond donors (Lipinski definition) is 1. The average Bonchev–Trinajstić information content (AvgIpc) is 2.20. The fourth-order valence-electron chi connectivity index (χ4n) is 0.550. The van der Waals surface area contributed by atoms with Crippen LogP contribution in [-0.4, -0.2) is 16.2 Å². The molecule has 0 aliphatic heterocycles. The molecule has 0 aliphatic rings. The van der Waals surface area contributed by atoms with E-state index < -0.39 is 11.1 Å². The third-order valence-corrected chi connectivity index (χ3v) is 1.17. The standard InChI is InChI=1S/C6H5NO2.CHClO3/c8-7(9)6-4-2-1-3-5-6;2-5-1(3)4/h1-5H;(H,3,4). The monoisotopic (exact) mass is 219 g/mol. The molecule has 1 rings (SSSR count). The molecular formula is C7H6ClNO5. The maximum atomic E-state index is 10.0. The molecule has 0 heterocycles. The van der Waals surface area contributed by atoms with Gasteiger partial charge in [-0.15, -0.1) is 0 Å². The lowest BCUT2D eigenvalue weighted by Crippen LogP contribution is -1.85. The number of nitro benzene ring substituents is 1. The normalized spacial score (nSPS) is 8.07. The molecule has 0 radical (unpaired) electrons. The number of nitro groups is 1. The van der Waals surface area contributed by atoms with Crippen molar-refractivity contribution in [3.05, 3.63) is 40.4 Å².